The van der Waals surface area contributed by atoms with Crippen LogP contribution in [-0.2, 0) is 12.8 Å². The number of aromatic nitrogens is 5. The molecule has 0 amide bonds. The van der Waals surface area contributed by atoms with E-state index in [1.807, 2.05) is 18.2 Å². The van der Waals surface area contributed by atoms with Gasteiger partial charge in [0.15, 0.2) is 0 Å². The summed E-state index contributed by atoms with van der Waals surface area (Å²) in [6.07, 6.45) is 3.36. The first-order valence-electron chi connectivity index (χ1n) is 5.86. The second-order valence-corrected chi connectivity index (χ2v) is 4.10. The molecular weight excluding hydrogens is 244 g/mol. The molecule has 96 valence electrons. The van der Waals surface area contributed by atoms with Gasteiger partial charge in [0.1, 0.15) is 0 Å². The Kier molecular flexibility index (Phi) is 2.93. The van der Waals surface area contributed by atoms with Crippen LogP contribution in [0.15, 0.2) is 41.2 Å². The highest BCUT2D eigenvalue weighted by Gasteiger charge is 2.14. The van der Waals surface area contributed by atoms with Crippen LogP contribution in [0.5, 0.6) is 0 Å². The van der Waals surface area contributed by atoms with Crippen LogP contribution in [0.4, 0.5) is 5.82 Å². The minimum absolute atomic E-state index is 0.200. The molecule has 0 fully saturated rings. The summed E-state index contributed by atoms with van der Waals surface area (Å²) < 4.78 is 6.12. The normalized spacial score (nSPS) is 10.7. The van der Waals surface area contributed by atoms with Gasteiger partial charge >= 0.3 is 0 Å². The standard InChI is InChI=1S/C12H12N6O/c13-11-12(16-19-15-11)18-10(8-14-17-18)7-6-9-4-2-1-3-5-9/h1-5,8H,6-7H2,(H2,13,15). The number of hydrogen-bond acceptors (Lipinski definition) is 6. The third-order valence-electron chi connectivity index (χ3n) is 2.83. The van der Waals surface area contributed by atoms with Gasteiger partial charge in [-0.15, -0.1) is 5.10 Å². The summed E-state index contributed by atoms with van der Waals surface area (Å²) in [5.74, 6) is 0.576. The van der Waals surface area contributed by atoms with E-state index in [-0.39, 0.29) is 5.82 Å². The second kappa shape index (κ2) is 4.89. The smallest absolute Gasteiger partial charge is 0.243 e. The van der Waals surface area contributed by atoms with Crippen molar-refractivity contribution in [3.63, 3.8) is 0 Å². The molecule has 2 aromatic heterocycles. The first kappa shape index (κ1) is 11.4. The Labute approximate surface area is 109 Å². The van der Waals surface area contributed by atoms with Crippen molar-refractivity contribution in [1.29, 1.82) is 0 Å². The van der Waals surface area contributed by atoms with Gasteiger partial charge in [-0.2, -0.15) is 4.68 Å². The molecule has 0 radical (unpaired) electrons. The summed E-state index contributed by atoms with van der Waals surface area (Å²) in [6.45, 7) is 0. The molecule has 0 aliphatic rings. The number of anilines is 1. The number of nitrogens with zero attached hydrogens (tertiary/aromatic N) is 5. The van der Waals surface area contributed by atoms with Crippen LogP contribution in [0.3, 0.4) is 0 Å². The lowest BCUT2D eigenvalue weighted by Crippen LogP contribution is -2.06. The average Bonchev–Trinajstić information content (AvgIpc) is 3.05. The van der Waals surface area contributed by atoms with E-state index in [9.17, 15) is 0 Å². The minimum atomic E-state index is 0.200. The van der Waals surface area contributed by atoms with E-state index in [2.05, 4.69) is 37.4 Å². The fourth-order valence-corrected chi connectivity index (χ4v) is 1.86. The summed E-state index contributed by atoms with van der Waals surface area (Å²) >= 11 is 0. The molecule has 0 saturated carbocycles. The summed E-state index contributed by atoms with van der Waals surface area (Å²) in [4.78, 5) is 0. The number of rotatable bonds is 4. The third-order valence-corrected chi connectivity index (χ3v) is 2.83. The molecule has 19 heavy (non-hydrogen) atoms. The van der Waals surface area contributed by atoms with E-state index in [1.165, 1.54) is 5.56 Å². The molecule has 0 unspecified atom stereocenters. The van der Waals surface area contributed by atoms with Crippen LogP contribution in [0.1, 0.15) is 11.3 Å². The highest BCUT2D eigenvalue weighted by molar-refractivity contribution is 5.44. The predicted molar refractivity (Wildman–Crippen MR) is 67.5 cm³/mol. The maximum absolute atomic E-state index is 5.65. The van der Waals surface area contributed by atoms with Crippen molar-refractivity contribution in [2.75, 3.05) is 5.73 Å². The Morgan fingerprint density at radius 2 is 1.95 bits per heavy atom. The van der Waals surface area contributed by atoms with Crippen LogP contribution < -0.4 is 5.73 Å². The first-order chi connectivity index (χ1) is 9.34. The zero-order valence-corrected chi connectivity index (χ0v) is 10.1. The van der Waals surface area contributed by atoms with E-state index in [0.717, 1.165) is 18.5 Å². The molecule has 3 rings (SSSR count). The SMILES string of the molecule is Nc1nonc1-n1nncc1CCc1ccccc1. The lowest BCUT2D eigenvalue weighted by molar-refractivity contribution is 0.306. The molecular formula is C12H12N6O. The van der Waals surface area contributed by atoms with Crippen LogP contribution in [0.2, 0.25) is 0 Å². The van der Waals surface area contributed by atoms with E-state index < -0.39 is 0 Å². The Balaban J connectivity index is 1.80. The van der Waals surface area contributed by atoms with Crippen molar-refractivity contribution < 1.29 is 4.63 Å². The predicted octanol–water partition coefficient (Wildman–Crippen LogP) is 1.02. The van der Waals surface area contributed by atoms with Crippen molar-refractivity contribution in [1.82, 2.24) is 25.3 Å². The van der Waals surface area contributed by atoms with E-state index in [0.29, 0.717) is 5.82 Å². The summed E-state index contributed by atoms with van der Waals surface area (Å²) in [6, 6.07) is 10.2. The first-order valence-corrected chi connectivity index (χ1v) is 5.86. The van der Waals surface area contributed by atoms with Crippen molar-refractivity contribution in [3.8, 4) is 5.82 Å². The van der Waals surface area contributed by atoms with Gasteiger partial charge < -0.3 is 5.73 Å². The summed E-state index contributed by atoms with van der Waals surface area (Å²) in [7, 11) is 0. The van der Waals surface area contributed by atoms with Gasteiger partial charge in [-0.25, -0.2) is 4.63 Å². The maximum Gasteiger partial charge on any atom is 0.243 e. The molecule has 2 N–H and O–H groups in total. The number of aryl methyl sites for hydroxylation is 2. The molecule has 0 saturated heterocycles. The van der Waals surface area contributed by atoms with Gasteiger partial charge in [0.2, 0.25) is 11.6 Å². The van der Waals surface area contributed by atoms with Crippen molar-refractivity contribution >= 4 is 5.82 Å². The molecule has 0 spiro atoms. The molecule has 0 atom stereocenters. The van der Waals surface area contributed by atoms with Crippen LogP contribution >= 0.6 is 0 Å². The molecule has 0 bridgehead atoms. The Morgan fingerprint density at radius 3 is 2.68 bits per heavy atom. The van der Waals surface area contributed by atoms with Gasteiger partial charge in [0.05, 0.1) is 11.9 Å². The lowest BCUT2D eigenvalue weighted by atomic mass is 10.1. The number of hydrogen-bond donors (Lipinski definition) is 1. The van der Waals surface area contributed by atoms with Gasteiger partial charge in [-0.3, -0.25) is 0 Å². The monoisotopic (exact) mass is 256 g/mol. The number of nitrogen functional groups attached to an aromatic ring is 1. The zero-order valence-electron chi connectivity index (χ0n) is 10.1. The van der Waals surface area contributed by atoms with Gasteiger partial charge in [0.25, 0.3) is 0 Å². The minimum Gasteiger partial charge on any atom is -0.378 e. The lowest BCUT2D eigenvalue weighted by Gasteiger charge is -2.03. The quantitative estimate of drug-likeness (QED) is 0.748. The molecule has 1 aromatic carbocycles. The van der Waals surface area contributed by atoms with Crippen LogP contribution in [0, 0.1) is 0 Å². The molecule has 7 nitrogen and oxygen atoms in total. The molecule has 2 heterocycles. The molecule has 3 aromatic rings. The largest absolute Gasteiger partial charge is 0.378 e. The fourth-order valence-electron chi connectivity index (χ4n) is 1.86. The van der Waals surface area contributed by atoms with Crippen LogP contribution in [-0.4, -0.2) is 25.3 Å². The highest BCUT2D eigenvalue weighted by Crippen LogP contribution is 2.14. The van der Waals surface area contributed by atoms with Gasteiger partial charge in [-0.1, -0.05) is 35.5 Å². The molecule has 0 aliphatic heterocycles. The number of nitrogens with two attached hydrogens (primary N) is 1. The van der Waals surface area contributed by atoms with Crippen molar-refractivity contribution in [3.05, 3.63) is 47.8 Å². The summed E-state index contributed by atoms with van der Waals surface area (Å²) in [5, 5.41) is 15.1. The molecule has 7 heteroatoms. The average molecular weight is 256 g/mol. The van der Waals surface area contributed by atoms with E-state index >= 15 is 0 Å². The Bertz CT molecular complexity index is 660. The van der Waals surface area contributed by atoms with Gasteiger partial charge in [0, 0.05) is 0 Å². The highest BCUT2D eigenvalue weighted by atomic mass is 16.6. The fraction of sp³-hybridized carbons (Fsp3) is 0.167. The Hall–Kier alpha value is -2.70. The summed E-state index contributed by atoms with van der Waals surface area (Å²) in [5.41, 5.74) is 7.81. The van der Waals surface area contributed by atoms with E-state index in [4.69, 9.17) is 5.73 Å². The third kappa shape index (κ3) is 2.30. The van der Waals surface area contributed by atoms with Crippen molar-refractivity contribution in [2.45, 2.75) is 12.8 Å². The second-order valence-electron chi connectivity index (χ2n) is 4.10. The molecule has 0 aliphatic carbocycles. The Morgan fingerprint density at radius 1 is 1.11 bits per heavy atom. The van der Waals surface area contributed by atoms with Crippen molar-refractivity contribution in [2.24, 2.45) is 0 Å². The number of benzene rings is 1. The maximum atomic E-state index is 5.65. The topological polar surface area (TPSA) is 95.7 Å². The van der Waals surface area contributed by atoms with Crippen LogP contribution in [0.25, 0.3) is 5.82 Å². The van der Waals surface area contributed by atoms with Gasteiger partial charge in [-0.05, 0) is 28.7 Å². The van der Waals surface area contributed by atoms with E-state index in [1.54, 1.807) is 10.9 Å². The zero-order chi connectivity index (χ0) is 13.1.